The first kappa shape index (κ1) is 18.2. The SMILES string of the molecule is CCOc1ccccc1NC(=O)NCc1ccc(C(=O)c2cccs2)s1. The Bertz CT molecular complexity index is 888. The van der Waals surface area contributed by atoms with Crippen LogP contribution in [0.4, 0.5) is 10.5 Å². The molecule has 0 unspecified atom stereocenters. The Morgan fingerprint density at radius 3 is 2.65 bits per heavy atom. The number of benzene rings is 1. The Hall–Kier alpha value is -2.64. The van der Waals surface area contributed by atoms with Crippen LogP contribution in [0.2, 0.25) is 0 Å². The first-order chi connectivity index (χ1) is 12.7. The van der Waals surface area contributed by atoms with Crippen molar-refractivity contribution in [2.24, 2.45) is 0 Å². The van der Waals surface area contributed by atoms with Crippen LogP contribution in [0.3, 0.4) is 0 Å². The summed E-state index contributed by atoms with van der Waals surface area (Å²) in [5.74, 6) is 0.649. The summed E-state index contributed by atoms with van der Waals surface area (Å²) in [5, 5.41) is 7.46. The molecule has 0 radical (unpaired) electrons. The summed E-state index contributed by atoms with van der Waals surface area (Å²) >= 11 is 2.81. The number of carbonyl (C=O) groups excluding carboxylic acids is 2. The Morgan fingerprint density at radius 1 is 1.04 bits per heavy atom. The highest BCUT2D eigenvalue weighted by Crippen LogP contribution is 2.24. The van der Waals surface area contributed by atoms with Crippen LogP contribution in [0.15, 0.2) is 53.9 Å². The number of urea groups is 1. The van der Waals surface area contributed by atoms with Gasteiger partial charge in [0.2, 0.25) is 5.78 Å². The van der Waals surface area contributed by atoms with Gasteiger partial charge in [0.25, 0.3) is 0 Å². The maximum absolute atomic E-state index is 12.3. The van der Waals surface area contributed by atoms with Crippen LogP contribution >= 0.6 is 22.7 Å². The number of ketones is 1. The number of para-hydroxylation sites is 2. The molecule has 1 aromatic carbocycles. The number of hydrogen-bond donors (Lipinski definition) is 2. The third-order valence-corrected chi connectivity index (χ3v) is 5.44. The summed E-state index contributed by atoms with van der Waals surface area (Å²) in [6, 6.07) is 14.3. The number of amides is 2. The molecule has 0 aliphatic rings. The normalized spacial score (nSPS) is 10.3. The fraction of sp³-hybridized carbons (Fsp3) is 0.158. The van der Waals surface area contributed by atoms with Crippen LogP contribution in [0.1, 0.15) is 26.3 Å². The Morgan fingerprint density at radius 2 is 1.88 bits per heavy atom. The van der Waals surface area contributed by atoms with Gasteiger partial charge < -0.3 is 15.4 Å². The molecule has 2 aromatic heterocycles. The van der Waals surface area contributed by atoms with Crippen LogP contribution in [0, 0.1) is 0 Å². The van der Waals surface area contributed by atoms with Crippen molar-refractivity contribution in [2.75, 3.05) is 11.9 Å². The average molecular weight is 386 g/mol. The lowest BCUT2D eigenvalue weighted by Crippen LogP contribution is -2.28. The van der Waals surface area contributed by atoms with E-state index in [-0.39, 0.29) is 11.8 Å². The van der Waals surface area contributed by atoms with Crippen LogP contribution in [-0.4, -0.2) is 18.4 Å². The molecule has 5 nitrogen and oxygen atoms in total. The van der Waals surface area contributed by atoms with Gasteiger partial charge in [-0.2, -0.15) is 0 Å². The van der Waals surface area contributed by atoms with Crippen LogP contribution in [0.5, 0.6) is 5.75 Å². The first-order valence-electron chi connectivity index (χ1n) is 8.11. The lowest BCUT2D eigenvalue weighted by atomic mass is 10.3. The van der Waals surface area contributed by atoms with Crippen molar-refractivity contribution in [3.8, 4) is 5.75 Å². The van der Waals surface area contributed by atoms with E-state index in [1.807, 2.05) is 42.6 Å². The highest BCUT2D eigenvalue weighted by molar-refractivity contribution is 7.16. The molecular formula is C19H18N2O3S2. The van der Waals surface area contributed by atoms with E-state index >= 15 is 0 Å². The van der Waals surface area contributed by atoms with Crippen molar-refractivity contribution in [2.45, 2.75) is 13.5 Å². The Labute approximate surface area is 159 Å². The quantitative estimate of drug-likeness (QED) is 0.575. The first-order valence-corrected chi connectivity index (χ1v) is 9.80. The lowest BCUT2D eigenvalue weighted by molar-refractivity contribution is 0.104. The number of anilines is 1. The monoisotopic (exact) mass is 386 g/mol. The number of rotatable bonds is 7. The number of nitrogens with one attached hydrogen (secondary N) is 2. The van der Waals surface area contributed by atoms with E-state index < -0.39 is 0 Å². The number of thiophene rings is 2. The zero-order valence-corrected chi connectivity index (χ0v) is 15.8. The fourth-order valence-corrected chi connectivity index (χ4v) is 3.95. The summed E-state index contributed by atoms with van der Waals surface area (Å²) in [7, 11) is 0. The summed E-state index contributed by atoms with van der Waals surface area (Å²) < 4.78 is 5.49. The summed E-state index contributed by atoms with van der Waals surface area (Å²) in [5.41, 5.74) is 0.617. The van der Waals surface area contributed by atoms with Crippen molar-refractivity contribution >= 4 is 40.2 Å². The van der Waals surface area contributed by atoms with Gasteiger partial charge in [0.05, 0.1) is 28.6 Å². The summed E-state index contributed by atoms with van der Waals surface area (Å²) in [6.45, 7) is 2.77. The summed E-state index contributed by atoms with van der Waals surface area (Å²) in [6.07, 6.45) is 0. The minimum atomic E-state index is -0.323. The predicted octanol–water partition coefficient (Wildman–Crippen LogP) is 4.76. The molecule has 2 N–H and O–H groups in total. The van der Waals surface area contributed by atoms with E-state index in [1.165, 1.54) is 22.7 Å². The van der Waals surface area contributed by atoms with Crippen LogP contribution < -0.4 is 15.4 Å². The van der Waals surface area contributed by atoms with Crippen molar-refractivity contribution in [1.82, 2.24) is 5.32 Å². The van der Waals surface area contributed by atoms with Gasteiger partial charge in [-0.1, -0.05) is 18.2 Å². The largest absolute Gasteiger partial charge is 0.492 e. The molecule has 0 saturated carbocycles. The number of ether oxygens (including phenoxy) is 1. The second kappa shape index (κ2) is 8.64. The number of carbonyl (C=O) groups is 2. The second-order valence-electron chi connectivity index (χ2n) is 5.31. The van der Waals surface area contributed by atoms with Crippen molar-refractivity contribution in [3.05, 3.63) is 68.5 Å². The van der Waals surface area contributed by atoms with Crippen LogP contribution in [-0.2, 0) is 6.54 Å². The molecule has 7 heteroatoms. The van der Waals surface area contributed by atoms with Gasteiger partial charge >= 0.3 is 6.03 Å². The maximum atomic E-state index is 12.3. The molecule has 0 atom stereocenters. The molecule has 0 fully saturated rings. The lowest BCUT2D eigenvalue weighted by Gasteiger charge is -2.11. The molecule has 134 valence electrons. The second-order valence-corrected chi connectivity index (χ2v) is 7.43. The van der Waals surface area contributed by atoms with Gasteiger partial charge in [-0.15, -0.1) is 22.7 Å². The molecule has 0 aliphatic heterocycles. The fourth-order valence-electron chi connectivity index (χ4n) is 2.31. The molecule has 2 amide bonds. The van der Waals surface area contributed by atoms with Gasteiger partial charge in [0.15, 0.2) is 0 Å². The predicted molar refractivity (Wildman–Crippen MR) is 106 cm³/mol. The number of hydrogen-bond acceptors (Lipinski definition) is 5. The molecule has 2 heterocycles. The van der Waals surface area contributed by atoms with E-state index in [2.05, 4.69) is 10.6 Å². The van der Waals surface area contributed by atoms with Gasteiger partial charge in [-0.3, -0.25) is 4.79 Å². The van der Waals surface area contributed by atoms with Crippen molar-refractivity contribution in [3.63, 3.8) is 0 Å². The van der Waals surface area contributed by atoms with Gasteiger partial charge in [0.1, 0.15) is 5.75 Å². The van der Waals surface area contributed by atoms with Crippen LogP contribution in [0.25, 0.3) is 0 Å². The molecule has 3 rings (SSSR count). The van der Waals surface area contributed by atoms with Gasteiger partial charge in [-0.25, -0.2) is 4.79 Å². The van der Waals surface area contributed by atoms with E-state index in [0.717, 1.165) is 9.75 Å². The molecular weight excluding hydrogens is 368 g/mol. The molecule has 26 heavy (non-hydrogen) atoms. The third kappa shape index (κ3) is 4.50. The van der Waals surface area contributed by atoms with E-state index in [0.29, 0.717) is 29.5 Å². The topological polar surface area (TPSA) is 67.4 Å². The van der Waals surface area contributed by atoms with E-state index in [4.69, 9.17) is 4.74 Å². The minimum absolute atomic E-state index is 0.0198. The molecule has 0 bridgehead atoms. The van der Waals surface area contributed by atoms with Gasteiger partial charge in [-0.05, 0) is 42.6 Å². The van der Waals surface area contributed by atoms with E-state index in [1.54, 1.807) is 18.2 Å². The average Bonchev–Trinajstić information content (AvgIpc) is 3.33. The highest BCUT2D eigenvalue weighted by atomic mass is 32.1. The van der Waals surface area contributed by atoms with Gasteiger partial charge in [0, 0.05) is 4.88 Å². The zero-order chi connectivity index (χ0) is 18.4. The summed E-state index contributed by atoms with van der Waals surface area (Å²) in [4.78, 5) is 26.7. The molecule has 0 aliphatic carbocycles. The van der Waals surface area contributed by atoms with Crippen molar-refractivity contribution < 1.29 is 14.3 Å². The smallest absolute Gasteiger partial charge is 0.319 e. The molecule has 0 saturated heterocycles. The third-order valence-electron chi connectivity index (χ3n) is 3.49. The standard InChI is InChI=1S/C19H18N2O3S2/c1-2-24-15-7-4-3-6-14(15)21-19(23)20-12-13-9-10-17(26-13)18(22)16-8-5-11-25-16/h3-11H,2,12H2,1H3,(H2,20,21,23). The van der Waals surface area contributed by atoms with E-state index in [9.17, 15) is 9.59 Å². The minimum Gasteiger partial charge on any atom is -0.492 e. The molecule has 0 spiro atoms. The maximum Gasteiger partial charge on any atom is 0.319 e. The Kier molecular flexibility index (Phi) is 6.04. The highest BCUT2D eigenvalue weighted by Gasteiger charge is 2.13. The Balaban J connectivity index is 1.56. The molecule has 3 aromatic rings. The van der Waals surface area contributed by atoms with Crippen molar-refractivity contribution in [1.29, 1.82) is 0 Å². The zero-order valence-electron chi connectivity index (χ0n) is 14.2.